The quantitative estimate of drug-likeness (QED) is 0.832. The van der Waals surface area contributed by atoms with E-state index in [0.29, 0.717) is 12.5 Å². The minimum absolute atomic E-state index is 0.0734. The predicted octanol–water partition coefficient (Wildman–Crippen LogP) is 1.60. The number of hydrogen-bond acceptors (Lipinski definition) is 4. The van der Waals surface area contributed by atoms with Crippen molar-refractivity contribution in [3.63, 3.8) is 0 Å². The maximum atomic E-state index is 11.9. The van der Waals surface area contributed by atoms with Crippen LogP contribution in [0.4, 0.5) is 0 Å². The molecule has 0 saturated carbocycles. The van der Waals surface area contributed by atoms with Crippen LogP contribution in [0.5, 0.6) is 0 Å². The van der Waals surface area contributed by atoms with Crippen molar-refractivity contribution in [1.29, 1.82) is 0 Å². The fourth-order valence-corrected chi connectivity index (χ4v) is 3.18. The van der Waals surface area contributed by atoms with Crippen LogP contribution in [0.1, 0.15) is 30.7 Å². The lowest BCUT2D eigenvalue weighted by atomic mass is 10.1. The largest absolute Gasteiger partial charge is 0.354 e. The summed E-state index contributed by atoms with van der Waals surface area (Å²) in [7, 11) is 0. The van der Waals surface area contributed by atoms with Gasteiger partial charge in [0.2, 0.25) is 5.91 Å². The number of nitrogens with one attached hydrogen (secondary N) is 1. The van der Waals surface area contributed by atoms with E-state index < -0.39 is 6.04 Å². The lowest BCUT2D eigenvalue weighted by molar-refractivity contribution is -0.122. The van der Waals surface area contributed by atoms with Crippen molar-refractivity contribution in [3.05, 3.63) is 22.4 Å². The second kappa shape index (κ2) is 7.03. The van der Waals surface area contributed by atoms with E-state index in [1.165, 1.54) is 37.3 Å². The molecule has 5 heteroatoms. The number of rotatable bonds is 6. The number of carbonyl (C=O) groups excluding carboxylic acids is 1. The first-order valence-corrected chi connectivity index (χ1v) is 7.84. The van der Waals surface area contributed by atoms with Gasteiger partial charge in [0.25, 0.3) is 0 Å². The molecule has 1 aromatic rings. The molecule has 0 spiro atoms. The second-order valence-electron chi connectivity index (χ2n) is 5.35. The Kier molecular flexibility index (Phi) is 5.36. The van der Waals surface area contributed by atoms with Crippen LogP contribution >= 0.6 is 11.3 Å². The van der Waals surface area contributed by atoms with Crippen LogP contribution in [0.15, 0.2) is 17.5 Å². The first-order chi connectivity index (χ1) is 9.16. The third-order valence-electron chi connectivity index (χ3n) is 3.53. The van der Waals surface area contributed by atoms with Gasteiger partial charge in [-0.15, -0.1) is 11.3 Å². The summed E-state index contributed by atoms with van der Waals surface area (Å²) in [5.41, 5.74) is 5.92. The zero-order valence-corrected chi connectivity index (χ0v) is 12.3. The number of nitrogens with zero attached hydrogens (tertiary/aromatic N) is 1. The van der Waals surface area contributed by atoms with E-state index in [9.17, 15) is 4.79 Å². The molecule has 1 fully saturated rings. The van der Waals surface area contributed by atoms with E-state index in [-0.39, 0.29) is 5.91 Å². The molecule has 1 aromatic heterocycles. The van der Waals surface area contributed by atoms with Crippen LogP contribution in [0, 0.1) is 5.92 Å². The molecule has 0 radical (unpaired) electrons. The van der Waals surface area contributed by atoms with E-state index in [2.05, 4.69) is 17.1 Å². The van der Waals surface area contributed by atoms with E-state index in [0.717, 1.165) is 11.4 Å². The van der Waals surface area contributed by atoms with Crippen LogP contribution in [0.3, 0.4) is 0 Å². The molecule has 1 saturated heterocycles. The zero-order valence-electron chi connectivity index (χ0n) is 11.5. The number of amides is 1. The van der Waals surface area contributed by atoms with Gasteiger partial charge in [-0.05, 0) is 43.3 Å². The Labute approximate surface area is 119 Å². The SMILES string of the molecule is CC(CNC(=O)C(N)c1cccs1)CN1CCCC1. The molecule has 1 amide bonds. The highest BCUT2D eigenvalue weighted by atomic mass is 32.1. The highest BCUT2D eigenvalue weighted by Crippen LogP contribution is 2.16. The first kappa shape index (κ1) is 14.5. The molecule has 2 atom stereocenters. The monoisotopic (exact) mass is 281 g/mol. The molecular weight excluding hydrogens is 258 g/mol. The summed E-state index contributed by atoms with van der Waals surface area (Å²) in [6.45, 7) is 6.35. The Balaban J connectivity index is 1.70. The molecule has 1 aliphatic rings. The van der Waals surface area contributed by atoms with Crippen molar-refractivity contribution in [2.24, 2.45) is 11.7 Å². The second-order valence-corrected chi connectivity index (χ2v) is 6.33. The summed E-state index contributed by atoms with van der Waals surface area (Å²) in [4.78, 5) is 15.3. The topological polar surface area (TPSA) is 58.4 Å². The number of hydrogen-bond donors (Lipinski definition) is 2. The van der Waals surface area contributed by atoms with Crippen molar-refractivity contribution in [3.8, 4) is 0 Å². The maximum absolute atomic E-state index is 11.9. The minimum Gasteiger partial charge on any atom is -0.354 e. The lowest BCUT2D eigenvalue weighted by Crippen LogP contribution is -2.38. The van der Waals surface area contributed by atoms with Gasteiger partial charge in [0.1, 0.15) is 6.04 Å². The fourth-order valence-electron chi connectivity index (χ4n) is 2.45. The van der Waals surface area contributed by atoms with Gasteiger partial charge in [-0.25, -0.2) is 0 Å². The van der Waals surface area contributed by atoms with Gasteiger partial charge in [0, 0.05) is 18.0 Å². The molecule has 2 unspecified atom stereocenters. The van der Waals surface area contributed by atoms with Gasteiger partial charge >= 0.3 is 0 Å². The Morgan fingerprint density at radius 2 is 2.26 bits per heavy atom. The van der Waals surface area contributed by atoms with Gasteiger partial charge in [-0.1, -0.05) is 13.0 Å². The third kappa shape index (κ3) is 4.30. The molecule has 4 nitrogen and oxygen atoms in total. The molecule has 19 heavy (non-hydrogen) atoms. The number of thiophene rings is 1. The lowest BCUT2D eigenvalue weighted by Gasteiger charge is -2.21. The Bertz CT molecular complexity index is 387. The van der Waals surface area contributed by atoms with Crippen molar-refractivity contribution in [2.45, 2.75) is 25.8 Å². The van der Waals surface area contributed by atoms with Crippen molar-refractivity contribution < 1.29 is 4.79 Å². The first-order valence-electron chi connectivity index (χ1n) is 6.96. The number of likely N-dealkylation sites (tertiary alicyclic amines) is 1. The van der Waals surface area contributed by atoms with Crippen LogP contribution in [0.25, 0.3) is 0 Å². The molecule has 2 rings (SSSR count). The van der Waals surface area contributed by atoms with E-state index >= 15 is 0 Å². The highest BCUT2D eigenvalue weighted by Gasteiger charge is 2.18. The Morgan fingerprint density at radius 1 is 1.53 bits per heavy atom. The van der Waals surface area contributed by atoms with Gasteiger partial charge in [0.15, 0.2) is 0 Å². The summed E-state index contributed by atoms with van der Waals surface area (Å²) < 4.78 is 0. The van der Waals surface area contributed by atoms with Gasteiger partial charge in [0.05, 0.1) is 0 Å². The number of carbonyl (C=O) groups is 1. The maximum Gasteiger partial charge on any atom is 0.242 e. The Hall–Kier alpha value is -0.910. The molecule has 1 aliphatic heterocycles. The third-order valence-corrected chi connectivity index (χ3v) is 4.48. The van der Waals surface area contributed by atoms with Gasteiger partial charge in [-0.3, -0.25) is 4.79 Å². The summed E-state index contributed by atoms with van der Waals surface area (Å²) >= 11 is 1.53. The van der Waals surface area contributed by atoms with Crippen LogP contribution in [0.2, 0.25) is 0 Å². The van der Waals surface area contributed by atoms with Crippen molar-refractivity contribution in [2.75, 3.05) is 26.2 Å². The smallest absolute Gasteiger partial charge is 0.242 e. The van der Waals surface area contributed by atoms with Crippen LogP contribution in [-0.4, -0.2) is 37.0 Å². The van der Waals surface area contributed by atoms with Crippen molar-refractivity contribution >= 4 is 17.2 Å². The molecule has 3 N–H and O–H groups in total. The average molecular weight is 281 g/mol. The van der Waals surface area contributed by atoms with Crippen molar-refractivity contribution in [1.82, 2.24) is 10.2 Å². The predicted molar refractivity (Wildman–Crippen MR) is 79.1 cm³/mol. The summed E-state index contributed by atoms with van der Waals surface area (Å²) in [5.74, 6) is 0.397. The van der Waals surface area contributed by atoms with E-state index in [4.69, 9.17) is 5.73 Å². The summed E-state index contributed by atoms with van der Waals surface area (Å²) in [5, 5.41) is 4.90. The van der Waals surface area contributed by atoms with Crippen LogP contribution in [-0.2, 0) is 4.79 Å². The number of nitrogens with two attached hydrogens (primary N) is 1. The molecule has 2 heterocycles. The standard InChI is InChI=1S/C14H23N3OS/c1-11(10-17-6-2-3-7-17)9-16-14(18)13(15)12-5-4-8-19-12/h4-5,8,11,13H,2-3,6-7,9-10,15H2,1H3,(H,16,18). The van der Waals surface area contributed by atoms with Gasteiger partial charge < -0.3 is 16.0 Å². The molecule has 106 valence electrons. The highest BCUT2D eigenvalue weighted by molar-refractivity contribution is 7.10. The zero-order chi connectivity index (χ0) is 13.7. The molecular formula is C14H23N3OS. The fraction of sp³-hybridized carbons (Fsp3) is 0.643. The average Bonchev–Trinajstić information content (AvgIpc) is 3.07. The molecule has 0 aromatic carbocycles. The summed E-state index contributed by atoms with van der Waals surface area (Å²) in [6.07, 6.45) is 2.62. The van der Waals surface area contributed by atoms with E-state index in [1.54, 1.807) is 0 Å². The van der Waals surface area contributed by atoms with Crippen LogP contribution < -0.4 is 11.1 Å². The van der Waals surface area contributed by atoms with Gasteiger partial charge in [-0.2, -0.15) is 0 Å². The minimum atomic E-state index is -0.529. The molecule has 0 bridgehead atoms. The summed E-state index contributed by atoms with van der Waals surface area (Å²) in [6, 6.07) is 3.30. The molecule has 0 aliphatic carbocycles. The Morgan fingerprint density at radius 3 is 2.89 bits per heavy atom. The normalized spacial score (nSPS) is 19.3. The van der Waals surface area contributed by atoms with E-state index in [1.807, 2.05) is 17.5 Å².